The summed E-state index contributed by atoms with van der Waals surface area (Å²) in [7, 11) is 0. The Hall–Kier alpha value is -0.890. The Morgan fingerprint density at radius 3 is 2.67 bits per heavy atom. The van der Waals surface area contributed by atoms with Crippen molar-refractivity contribution in [3.8, 4) is 0 Å². The van der Waals surface area contributed by atoms with Crippen LogP contribution in [-0.4, -0.2) is 23.0 Å². The molecule has 15 heavy (non-hydrogen) atoms. The maximum Gasteiger partial charge on any atom is 0.0543 e. The third-order valence-corrected chi connectivity index (χ3v) is 3.91. The summed E-state index contributed by atoms with van der Waals surface area (Å²) in [5, 5.41) is 0. The summed E-state index contributed by atoms with van der Waals surface area (Å²) in [6, 6.07) is 6.20. The van der Waals surface area contributed by atoms with Gasteiger partial charge in [0.25, 0.3) is 0 Å². The summed E-state index contributed by atoms with van der Waals surface area (Å²) >= 11 is 0. The molecule has 80 valence electrons. The van der Waals surface area contributed by atoms with Gasteiger partial charge >= 0.3 is 0 Å². The molecule has 0 aromatic carbocycles. The van der Waals surface area contributed by atoms with Gasteiger partial charge in [-0.2, -0.15) is 0 Å². The Morgan fingerprint density at radius 2 is 2.00 bits per heavy atom. The molecule has 1 aliphatic heterocycles. The van der Waals surface area contributed by atoms with Gasteiger partial charge < -0.3 is 0 Å². The van der Waals surface area contributed by atoms with Gasteiger partial charge in [0.15, 0.2) is 0 Å². The first-order chi connectivity index (χ1) is 7.42. The van der Waals surface area contributed by atoms with E-state index < -0.39 is 0 Å². The summed E-state index contributed by atoms with van der Waals surface area (Å²) < 4.78 is 0. The minimum Gasteiger partial charge on any atom is -0.297 e. The highest BCUT2D eigenvalue weighted by Crippen LogP contribution is 2.37. The van der Waals surface area contributed by atoms with Crippen molar-refractivity contribution in [1.82, 2.24) is 9.88 Å². The highest BCUT2D eigenvalue weighted by Gasteiger charge is 2.35. The molecule has 1 aromatic heterocycles. The van der Waals surface area contributed by atoms with Crippen molar-refractivity contribution in [2.75, 3.05) is 13.1 Å². The fourth-order valence-electron chi connectivity index (χ4n) is 3.18. The molecule has 0 amide bonds. The zero-order valence-corrected chi connectivity index (χ0v) is 9.10. The van der Waals surface area contributed by atoms with Crippen molar-refractivity contribution < 1.29 is 0 Å². The van der Waals surface area contributed by atoms with E-state index in [9.17, 15) is 0 Å². The molecule has 3 rings (SSSR count). The predicted molar refractivity (Wildman–Crippen MR) is 60.3 cm³/mol. The molecular weight excluding hydrogens is 184 g/mol. The number of hydrogen-bond donors (Lipinski definition) is 0. The summed E-state index contributed by atoms with van der Waals surface area (Å²) in [6.07, 6.45) is 6.28. The first-order valence-electron chi connectivity index (χ1n) is 6.04. The Kier molecular flexibility index (Phi) is 2.45. The zero-order valence-electron chi connectivity index (χ0n) is 9.10. The second kappa shape index (κ2) is 3.93. The summed E-state index contributed by atoms with van der Waals surface area (Å²) in [5.41, 5.74) is 1.22. The van der Waals surface area contributed by atoms with Crippen LogP contribution in [0, 0.1) is 11.8 Å². The van der Waals surface area contributed by atoms with Crippen LogP contribution >= 0.6 is 0 Å². The molecule has 0 radical (unpaired) electrons. The molecule has 2 nitrogen and oxygen atoms in total. The first-order valence-corrected chi connectivity index (χ1v) is 6.04. The van der Waals surface area contributed by atoms with Crippen LogP contribution in [0.25, 0.3) is 0 Å². The van der Waals surface area contributed by atoms with Crippen molar-refractivity contribution >= 4 is 0 Å². The van der Waals surface area contributed by atoms with Crippen LogP contribution in [-0.2, 0) is 6.54 Å². The number of hydrogen-bond acceptors (Lipinski definition) is 2. The van der Waals surface area contributed by atoms with E-state index in [4.69, 9.17) is 0 Å². The largest absolute Gasteiger partial charge is 0.297 e. The SMILES string of the molecule is c1ccc(CN2C[C@H]3CCC[C@H]3C2)nc1. The topological polar surface area (TPSA) is 16.1 Å². The average molecular weight is 202 g/mol. The van der Waals surface area contributed by atoms with Crippen molar-refractivity contribution in [3.05, 3.63) is 30.1 Å². The highest BCUT2D eigenvalue weighted by atomic mass is 15.2. The van der Waals surface area contributed by atoms with E-state index in [1.807, 2.05) is 12.3 Å². The molecule has 0 spiro atoms. The van der Waals surface area contributed by atoms with Gasteiger partial charge in [-0.15, -0.1) is 0 Å². The summed E-state index contributed by atoms with van der Waals surface area (Å²) in [6.45, 7) is 3.66. The fourth-order valence-corrected chi connectivity index (χ4v) is 3.18. The van der Waals surface area contributed by atoms with Gasteiger partial charge in [0, 0.05) is 25.8 Å². The van der Waals surface area contributed by atoms with E-state index in [1.54, 1.807) is 0 Å². The maximum absolute atomic E-state index is 4.39. The Morgan fingerprint density at radius 1 is 1.20 bits per heavy atom. The second-order valence-corrected chi connectivity index (χ2v) is 4.97. The molecule has 0 bridgehead atoms. The van der Waals surface area contributed by atoms with E-state index in [-0.39, 0.29) is 0 Å². The third-order valence-electron chi connectivity index (χ3n) is 3.91. The summed E-state index contributed by atoms with van der Waals surface area (Å²) in [5.74, 6) is 1.99. The van der Waals surface area contributed by atoms with Crippen LogP contribution in [0.15, 0.2) is 24.4 Å². The molecule has 1 aromatic rings. The van der Waals surface area contributed by atoms with Crippen LogP contribution in [0.4, 0.5) is 0 Å². The van der Waals surface area contributed by atoms with Crippen molar-refractivity contribution in [2.24, 2.45) is 11.8 Å². The first kappa shape index (κ1) is 9.34. The molecule has 0 unspecified atom stereocenters. The molecule has 0 N–H and O–H groups in total. The monoisotopic (exact) mass is 202 g/mol. The van der Waals surface area contributed by atoms with Gasteiger partial charge in [0.2, 0.25) is 0 Å². The fraction of sp³-hybridized carbons (Fsp3) is 0.615. The predicted octanol–water partition coefficient (Wildman–Crippen LogP) is 2.31. The Balaban J connectivity index is 1.62. The average Bonchev–Trinajstić information content (AvgIpc) is 2.79. The number of rotatable bonds is 2. The molecule has 2 heterocycles. The van der Waals surface area contributed by atoms with Crippen molar-refractivity contribution in [2.45, 2.75) is 25.8 Å². The molecule has 2 heteroatoms. The summed E-state index contributed by atoms with van der Waals surface area (Å²) in [4.78, 5) is 6.97. The smallest absolute Gasteiger partial charge is 0.0543 e. The third kappa shape index (κ3) is 1.91. The Labute approximate surface area is 91.3 Å². The van der Waals surface area contributed by atoms with Crippen LogP contribution in [0.1, 0.15) is 25.0 Å². The van der Waals surface area contributed by atoms with Crippen LogP contribution < -0.4 is 0 Å². The number of pyridine rings is 1. The van der Waals surface area contributed by atoms with E-state index in [2.05, 4.69) is 22.0 Å². The van der Waals surface area contributed by atoms with Crippen LogP contribution in [0.3, 0.4) is 0 Å². The molecule has 1 aliphatic carbocycles. The number of aromatic nitrogens is 1. The lowest BCUT2D eigenvalue weighted by Crippen LogP contribution is -2.21. The quantitative estimate of drug-likeness (QED) is 0.731. The minimum absolute atomic E-state index is 0.994. The van der Waals surface area contributed by atoms with Gasteiger partial charge in [0.1, 0.15) is 0 Å². The lowest BCUT2D eigenvalue weighted by Gasteiger charge is -2.15. The van der Waals surface area contributed by atoms with Gasteiger partial charge in [-0.3, -0.25) is 9.88 Å². The lowest BCUT2D eigenvalue weighted by molar-refractivity contribution is 0.300. The normalized spacial score (nSPS) is 30.7. The standard InChI is InChI=1S/C13H18N2/c1-2-7-14-13(6-1)10-15-8-11-4-3-5-12(11)9-15/h1-2,6-7,11-12H,3-5,8-10H2/t11-,12+. The van der Waals surface area contributed by atoms with E-state index >= 15 is 0 Å². The van der Waals surface area contributed by atoms with Gasteiger partial charge in [-0.1, -0.05) is 12.5 Å². The van der Waals surface area contributed by atoms with E-state index in [0.29, 0.717) is 0 Å². The number of fused-ring (bicyclic) bond motifs is 1. The van der Waals surface area contributed by atoms with E-state index in [0.717, 1.165) is 18.4 Å². The Bertz CT molecular complexity index is 311. The molecular formula is C13H18N2. The molecule has 1 saturated heterocycles. The lowest BCUT2D eigenvalue weighted by atomic mass is 10.0. The van der Waals surface area contributed by atoms with Crippen molar-refractivity contribution in [1.29, 1.82) is 0 Å². The zero-order chi connectivity index (χ0) is 10.1. The highest BCUT2D eigenvalue weighted by molar-refractivity contribution is 5.04. The molecule has 2 atom stereocenters. The van der Waals surface area contributed by atoms with E-state index in [1.165, 1.54) is 38.0 Å². The van der Waals surface area contributed by atoms with Crippen LogP contribution in [0.5, 0.6) is 0 Å². The van der Waals surface area contributed by atoms with Gasteiger partial charge in [0.05, 0.1) is 5.69 Å². The van der Waals surface area contributed by atoms with Gasteiger partial charge in [-0.25, -0.2) is 0 Å². The molecule has 1 saturated carbocycles. The maximum atomic E-state index is 4.39. The van der Waals surface area contributed by atoms with Crippen molar-refractivity contribution in [3.63, 3.8) is 0 Å². The number of likely N-dealkylation sites (tertiary alicyclic amines) is 1. The van der Waals surface area contributed by atoms with Crippen LogP contribution in [0.2, 0.25) is 0 Å². The minimum atomic E-state index is 0.994. The molecule has 2 fully saturated rings. The van der Waals surface area contributed by atoms with Gasteiger partial charge in [-0.05, 0) is 36.8 Å². The molecule has 2 aliphatic rings. The number of nitrogens with zero attached hydrogens (tertiary/aromatic N) is 2. The second-order valence-electron chi connectivity index (χ2n) is 4.97.